The first-order valence-electron chi connectivity index (χ1n) is 8.32. The van der Waals surface area contributed by atoms with E-state index >= 15 is 0 Å². The molecule has 0 aliphatic rings. The second-order valence-electron chi connectivity index (χ2n) is 5.48. The molecule has 0 saturated carbocycles. The summed E-state index contributed by atoms with van der Waals surface area (Å²) in [5.41, 5.74) is 3.75. The Morgan fingerprint density at radius 3 is 1.68 bits per heavy atom. The number of nitrogens with two attached hydrogens (primary N) is 1. The van der Waals surface area contributed by atoms with Gasteiger partial charge in [-0.3, -0.25) is 0 Å². The first-order valence-corrected chi connectivity index (χ1v) is 11.0. The molecule has 4 nitrogen and oxygen atoms in total. The van der Waals surface area contributed by atoms with Crippen molar-refractivity contribution in [2.45, 2.75) is 12.4 Å². The Morgan fingerprint density at radius 2 is 1.29 bits per heavy atom. The fourth-order valence-corrected chi connectivity index (χ4v) is 3.20. The van der Waals surface area contributed by atoms with Crippen LogP contribution in [-0.2, 0) is 12.4 Å². The van der Waals surface area contributed by atoms with Crippen molar-refractivity contribution >= 4 is 60.1 Å². The summed E-state index contributed by atoms with van der Waals surface area (Å²) < 4.78 is 74.6. The van der Waals surface area contributed by atoms with Crippen LogP contribution < -0.4 is 11.1 Å². The Bertz CT molecular complexity index is 806. The predicted molar refractivity (Wildman–Crippen MR) is 123 cm³/mol. The molecule has 2 aromatic carbocycles. The van der Waals surface area contributed by atoms with Crippen LogP contribution in [0.2, 0.25) is 0 Å². The van der Waals surface area contributed by atoms with Gasteiger partial charge in [-0.2, -0.15) is 26.3 Å². The van der Waals surface area contributed by atoms with E-state index in [-0.39, 0.29) is 28.7 Å². The van der Waals surface area contributed by atoms with Crippen molar-refractivity contribution in [3.05, 3.63) is 60.0 Å². The highest BCUT2D eigenvalue weighted by Crippen LogP contribution is 2.36. The second kappa shape index (κ2) is 14.5. The normalized spacial score (nSPS) is 11.1. The summed E-state index contributed by atoms with van der Waals surface area (Å²) in [5, 5.41) is 18.9. The number of halogens is 9. The molecule has 0 amide bonds. The molecular formula is C18H19Br2F6IN2O2. The van der Waals surface area contributed by atoms with Gasteiger partial charge in [-0.1, -0.05) is 31.9 Å². The summed E-state index contributed by atoms with van der Waals surface area (Å²) in [7, 11) is 0. The molecule has 0 heterocycles. The van der Waals surface area contributed by atoms with Gasteiger partial charge in [0, 0.05) is 31.3 Å². The van der Waals surface area contributed by atoms with E-state index in [9.17, 15) is 26.3 Å². The summed E-state index contributed by atoms with van der Waals surface area (Å²) in [4.78, 5) is 0. The quantitative estimate of drug-likeness (QED) is 0.238. The Labute approximate surface area is 205 Å². The number of aliphatic hydroxyl groups is 2. The molecule has 31 heavy (non-hydrogen) atoms. The van der Waals surface area contributed by atoms with Crippen molar-refractivity contribution < 1.29 is 36.6 Å². The average molecular weight is 696 g/mol. The lowest BCUT2D eigenvalue weighted by Crippen LogP contribution is -2.09. The molecule has 0 aliphatic heterocycles. The van der Waals surface area contributed by atoms with Crippen LogP contribution in [0.1, 0.15) is 11.1 Å². The molecule has 0 atom stereocenters. The van der Waals surface area contributed by atoms with Gasteiger partial charge in [-0.25, -0.2) is 0 Å². The molecule has 13 heteroatoms. The molecular weight excluding hydrogens is 677 g/mol. The number of benzene rings is 2. The molecule has 0 aliphatic carbocycles. The third kappa shape index (κ3) is 12.3. The van der Waals surface area contributed by atoms with Crippen molar-refractivity contribution in [3.8, 4) is 0 Å². The topological polar surface area (TPSA) is 78.5 Å². The monoisotopic (exact) mass is 694 g/mol. The molecule has 0 bridgehead atoms. The SMILES string of the molecule is FC(F)(F)c1cc(I)ccc1Br.NCCO.OCCNc1ccc(Br)c(C(F)(F)F)c1. The van der Waals surface area contributed by atoms with E-state index < -0.39 is 23.5 Å². The lowest BCUT2D eigenvalue weighted by atomic mass is 10.2. The van der Waals surface area contributed by atoms with Crippen LogP contribution in [0.3, 0.4) is 0 Å². The molecule has 0 aromatic heterocycles. The van der Waals surface area contributed by atoms with Gasteiger partial charge in [-0.15, -0.1) is 0 Å². The highest BCUT2D eigenvalue weighted by molar-refractivity contribution is 14.1. The number of aliphatic hydroxyl groups excluding tert-OH is 2. The van der Waals surface area contributed by atoms with Crippen LogP contribution in [0.5, 0.6) is 0 Å². The van der Waals surface area contributed by atoms with Crippen molar-refractivity contribution in [1.82, 2.24) is 0 Å². The van der Waals surface area contributed by atoms with Crippen molar-refractivity contribution in [3.63, 3.8) is 0 Å². The molecule has 0 fully saturated rings. The number of alkyl halides is 6. The maximum absolute atomic E-state index is 12.4. The second-order valence-corrected chi connectivity index (χ2v) is 8.43. The van der Waals surface area contributed by atoms with Gasteiger partial charge in [-0.05, 0) is 59.0 Å². The van der Waals surface area contributed by atoms with Gasteiger partial charge in [0.1, 0.15) is 0 Å². The van der Waals surface area contributed by atoms with Crippen molar-refractivity contribution in [2.75, 3.05) is 31.6 Å². The van der Waals surface area contributed by atoms with E-state index in [1.165, 1.54) is 18.2 Å². The van der Waals surface area contributed by atoms with Gasteiger partial charge >= 0.3 is 12.4 Å². The molecule has 176 valence electrons. The largest absolute Gasteiger partial charge is 0.417 e. The molecule has 0 saturated heterocycles. The summed E-state index contributed by atoms with van der Waals surface area (Å²) in [6.45, 7) is 0.566. The first-order chi connectivity index (χ1) is 14.3. The molecule has 2 aromatic rings. The van der Waals surface area contributed by atoms with Crippen molar-refractivity contribution in [1.29, 1.82) is 0 Å². The zero-order chi connectivity index (χ0) is 24.2. The maximum atomic E-state index is 12.4. The first kappa shape index (κ1) is 30.4. The fourth-order valence-electron chi connectivity index (χ4n) is 1.77. The Kier molecular flexibility index (Phi) is 14.2. The third-order valence-electron chi connectivity index (χ3n) is 3.08. The summed E-state index contributed by atoms with van der Waals surface area (Å²) >= 11 is 7.52. The Morgan fingerprint density at radius 1 is 0.839 bits per heavy atom. The smallest absolute Gasteiger partial charge is 0.395 e. The summed E-state index contributed by atoms with van der Waals surface area (Å²) in [6, 6.07) is 7.94. The van der Waals surface area contributed by atoms with Crippen LogP contribution in [0.4, 0.5) is 32.0 Å². The lowest BCUT2D eigenvalue weighted by molar-refractivity contribution is -0.139. The van der Waals surface area contributed by atoms with Crippen LogP contribution in [0.15, 0.2) is 45.3 Å². The van der Waals surface area contributed by atoms with Crippen LogP contribution in [-0.4, -0.2) is 36.5 Å². The molecule has 0 unspecified atom stereocenters. The zero-order valence-corrected chi connectivity index (χ0v) is 21.0. The van der Waals surface area contributed by atoms with Gasteiger partial charge in [0.15, 0.2) is 0 Å². The molecule has 0 spiro atoms. The Hall–Kier alpha value is -0.610. The molecule has 5 N–H and O–H groups in total. The maximum Gasteiger partial charge on any atom is 0.417 e. The van der Waals surface area contributed by atoms with Gasteiger partial charge in [0.05, 0.1) is 24.3 Å². The van der Waals surface area contributed by atoms with Crippen molar-refractivity contribution in [2.24, 2.45) is 5.73 Å². The third-order valence-corrected chi connectivity index (χ3v) is 5.13. The van der Waals surface area contributed by atoms with Crippen LogP contribution in [0.25, 0.3) is 0 Å². The number of nitrogens with one attached hydrogen (secondary N) is 1. The van der Waals surface area contributed by atoms with E-state index in [1.807, 2.05) is 22.6 Å². The predicted octanol–water partition coefficient (Wildman–Crippen LogP) is 5.88. The van der Waals surface area contributed by atoms with Crippen LogP contribution in [0, 0.1) is 3.57 Å². The van der Waals surface area contributed by atoms with Crippen LogP contribution >= 0.6 is 54.5 Å². The highest BCUT2D eigenvalue weighted by atomic mass is 127. The minimum absolute atomic E-state index is 0.00421. The standard InChI is InChI=1S/C9H9BrF3NO.C7H3BrF3I.C2H7NO/c10-8-2-1-6(14-3-4-15)5-7(8)9(11,12)13;8-6-2-1-4(12)3-5(6)7(9,10)11;3-1-2-4/h1-2,5,14-15H,3-4H2;1-3H;4H,1-3H2. The number of hydrogen-bond acceptors (Lipinski definition) is 4. The van der Waals surface area contributed by atoms with E-state index in [1.54, 1.807) is 6.07 Å². The lowest BCUT2D eigenvalue weighted by Gasteiger charge is -2.11. The number of hydrogen-bond donors (Lipinski definition) is 4. The summed E-state index contributed by atoms with van der Waals surface area (Å²) in [5.74, 6) is 0. The molecule has 2 rings (SSSR count). The minimum Gasteiger partial charge on any atom is -0.395 e. The van der Waals surface area contributed by atoms with E-state index in [4.69, 9.17) is 15.9 Å². The fraction of sp³-hybridized carbons (Fsp3) is 0.333. The minimum atomic E-state index is -4.38. The highest BCUT2D eigenvalue weighted by Gasteiger charge is 2.33. The zero-order valence-electron chi connectivity index (χ0n) is 15.7. The molecule has 0 radical (unpaired) electrons. The Balaban J connectivity index is 0.000000504. The summed E-state index contributed by atoms with van der Waals surface area (Å²) in [6.07, 6.45) is -8.66. The van der Waals surface area contributed by atoms with E-state index in [0.717, 1.165) is 12.1 Å². The van der Waals surface area contributed by atoms with E-state index in [2.05, 4.69) is 37.2 Å². The van der Waals surface area contributed by atoms with Gasteiger partial charge in [0.2, 0.25) is 0 Å². The van der Waals surface area contributed by atoms with E-state index in [0.29, 0.717) is 15.8 Å². The average Bonchev–Trinajstić information content (AvgIpc) is 2.68. The van der Waals surface area contributed by atoms with Gasteiger partial charge in [0.25, 0.3) is 0 Å². The van der Waals surface area contributed by atoms with Gasteiger partial charge < -0.3 is 21.3 Å². The number of anilines is 1. The number of rotatable bonds is 4.